The molecule has 1 aromatic carbocycles. The lowest BCUT2D eigenvalue weighted by molar-refractivity contribution is -0.133. The summed E-state index contributed by atoms with van der Waals surface area (Å²) >= 11 is 4.20. The van der Waals surface area contributed by atoms with Gasteiger partial charge in [-0.15, -0.1) is 23.5 Å². The Balaban J connectivity index is 1.60. The molecule has 0 atom stereocenters. The predicted octanol–water partition coefficient (Wildman–Crippen LogP) is 5.65. The molecule has 1 heterocycles. The van der Waals surface area contributed by atoms with Crippen molar-refractivity contribution in [2.45, 2.75) is 53.7 Å². The maximum absolute atomic E-state index is 13.1. The Morgan fingerprint density at radius 3 is 2.69 bits per heavy atom. The summed E-state index contributed by atoms with van der Waals surface area (Å²) in [6, 6.07) is 8.22. The molecule has 0 bridgehead atoms. The molecular weight excluding hydrogens is 462 g/mol. The number of benzene rings is 1. The lowest BCUT2D eigenvalue weighted by Crippen LogP contribution is -2.44. The number of urea groups is 1. The Hall–Kier alpha value is -2.15. The third kappa shape index (κ3) is 7.76. The molecule has 0 unspecified atom stereocenters. The molecule has 170 valence electrons. The third-order valence-electron chi connectivity index (χ3n) is 5.11. The summed E-state index contributed by atoms with van der Waals surface area (Å²) in [6.07, 6.45) is 9.76. The van der Waals surface area contributed by atoms with Crippen LogP contribution in [-0.2, 0) is 4.79 Å². The van der Waals surface area contributed by atoms with Gasteiger partial charge in [-0.25, -0.2) is 9.78 Å². The van der Waals surface area contributed by atoms with Crippen LogP contribution in [0, 0.1) is 11.8 Å². The molecule has 1 saturated carbocycles. The lowest BCUT2D eigenvalue weighted by Gasteiger charge is -2.33. The first-order valence-electron chi connectivity index (χ1n) is 10.6. The van der Waals surface area contributed by atoms with Crippen molar-refractivity contribution in [2.75, 3.05) is 23.9 Å². The molecule has 6 nitrogen and oxygen atoms in total. The summed E-state index contributed by atoms with van der Waals surface area (Å²) in [6.45, 7) is 0.568. The van der Waals surface area contributed by atoms with E-state index in [2.05, 4.69) is 34.3 Å². The molecule has 2 amide bonds. The number of aliphatic carboxylic acids is 1. The number of nitrogens with one attached hydrogen (secondary N) is 1. The van der Waals surface area contributed by atoms with E-state index in [1.807, 2.05) is 23.3 Å². The molecule has 0 spiro atoms. The topological polar surface area (TPSA) is 82.5 Å². The van der Waals surface area contributed by atoms with Crippen molar-refractivity contribution in [3.8, 4) is 11.8 Å². The van der Waals surface area contributed by atoms with Crippen LogP contribution in [0.3, 0.4) is 0 Å². The first-order chi connectivity index (χ1) is 15.5. The van der Waals surface area contributed by atoms with Crippen molar-refractivity contribution in [1.82, 2.24) is 9.88 Å². The second-order valence-corrected chi connectivity index (χ2v) is 10.5. The van der Waals surface area contributed by atoms with Crippen molar-refractivity contribution in [3.05, 3.63) is 36.0 Å². The number of carbonyl (C=O) groups is 2. The predicted molar refractivity (Wildman–Crippen MR) is 133 cm³/mol. The van der Waals surface area contributed by atoms with E-state index in [0.29, 0.717) is 18.1 Å². The first-order valence-corrected chi connectivity index (χ1v) is 13.6. The van der Waals surface area contributed by atoms with Crippen LogP contribution in [0.2, 0.25) is 0 Å². The first kappa shape index (κ1) is 24.5. The van der Waals surface area contributed by atoms with Gasteiger partial charge in [0.25, 0.3) is 0 Å². The molecule has 9 heteroatoms. The third-order valence-corrected chi connectivity index (χ3v) is 7.95. The maximum Gasteiger partial charge on any atom is 0.323 e. The SMILES string of the molecule is CSc1ccc(C#CCCN(C(=O)Nc2ncc(SCC(=O)O)s2)C2CCCCC2)cc1. The van der Waals surface area contributed by atoms with Crippen LogP contribution in [0.4, 0.5) is 9.93 Å². The van der Waals surface area contributed by atoms with Gasteiger partial charge in [0.1, 0.15) is 0 Å². The summed E-state index contributed by atoms with van der Waals surface area (Å²) in [7, 11) is 0. The molecule has 0 radical (unpaired) electrons. The highest BCUT2D eigenvalue weighted by Crippen LogP contribution is 2.29. The number of thiazole rings is 1. The van der Waals surface area contributed by atoms with Crippen LogP contribution in [0.25, 0.3) is 0 Å². The minimum Gasteiger partial charge on any atom is -0.481 e. The number of carboxylic acid groups (broad SMARTS) is 1. The number of hydrogen-bond donors (Lipinski definition) is 2. The van der Waals surface area contributed by atoms with Crippen molar-refractivity contribution in [2.24, 2.45) is 0 Å². The van der Waals surface area contributed by atoms with Crippen molar-refractivity contribution >= 4 is 52.0 Å². The zero-order valence-corrected chi connectivity index (χ0v) is 20.5. The van der Waals surface area contributed by atoms with Gasteiger partial charge in [0.2, 0.25) is 0 Å². The molecule has 1 aliphatic carbocycles. The van der Waals surface area contributed by atoms with Crippen LogP contribution in [0.15, 0.2) is 39.6 Å². The van der Waals surface area contributed by atoms with Crippen molar-refractivity contribution in [1.29, 1.82) is 0 Å². The number of hydrogen-bond acceptors (Lipinski definition) is 6. The van der Waals surface area contributed by atoms with Crippen LogP contribution in [-0.4, -0.2) is 51.6 Å². The number of carbonyl (C=O) groups excluding carboxylic acids is 1. The van der Waals surface area contributed by atoms with Crippen LogP contribution in [0.5, 0.6) is 0 Å². The molecular formula is C23H27N3O3S3. The number of amides is 2. The summed E-state index contributed by atoms with van der Waals surface area (Å²) in [5.74, 6) is 5.50. The summed E-state index contributed by atoms with van der Waals surface area (Å²) in [5.41, 5.74) is 0.977. The van der Waals surface area contributed by atoms with E-state index in [-0.39, 0.29) is 17.8 Å². The average Bonchev–Trinajstić information content (AvgIpc) is 3.25. The molecule has 2 N–H and O–H groups in total. The van der Waals surface area contributed by atoms with Crippen molar-refractivity contribution in [3.63, 3.8) is 0 Å². The second kappa shape index (κ2) is 12.8. The minimum absolute atomic E-state index is 0.0253. The standard InChI is InChI=1S/C23H27N3O3S3/c1-30-19-12-10-17(11-13-19)7-5-6-14-26(18-8-3-2-4-9-18)23(29)25-22-24-15-21(32-22)31-16-20(27)28/h10-13,15,18H,2-4,6,8-9,14,16H2,1H3,(H,27,28)(H,24,25,29). The molecule has 32 heavy (non-hydrogen) atoms. The fourth-order valence-electron chi connectivity index (χ4n) is 3.54. The monoisotopic (exact) mass is 489 g/mol. The Kier molecular flexibility index (Phi) is 9.78. The van der Waals surface area contributed by atoms with Crippen LogP contribution in [0.1, 0.15) is 44.1 Å². The van der Waals surface area contributed by atoms with E-state index in [1.165, 1.54) is 34.4 Å². The highest BCUT2D eigenvalue weighted by Gasteiger charge is 2.25. The molecule has 3 rings (SSSR count). The Morgan fingerprint density at radius 2 is 2.00 bits per heavy atom. The maximum atomic E-state index is 13.1. The highest BCUT2D eigenvalue weighted by molar-refractivity contribution is 8.01. The second-order valence-electron chi connectivity index (χ2n) is 7.36. The molecule has 1 fully saturated rings. The van der Waals surface area contributed by atoms with Crippen molar-refractivity contribution < 1.29 is 14.7 Å². The Bertz CT molecular complexity index is 960. The molecule has 2 aromatic rings. The van der Waals surface area contributed by atoms with E-state index in [0.717, 1.165) is 35.5 Å². The number of thioether (sulfide) groups is 2. The Morgan fingerprint density at radius 1 is 1.25 bits per heavy atom. The lowest BCUT2D eigenvalue weighted by atomic mass is 9.94. The van der Waals surface area contributed by atoms with Gasteiger partial charge in [0, 0.05) is 29.5 Å². The van der Waals surface area contributed by atoms with Crippen LogP contribution < -0.4 is 5.32 Å². The largest absolute Gasteiger partial charge is 0.481 e. The summed E-state index contributed by atoms with van der Waals surface area (Å²) in [5, 5.41) is 12.2. The summed E-state index contributed by atoms with van der Waals surface area (Å²) in [4.78, 5) is 31.1. The van der Waals surface area contributed by atoms with Gasteiger partial charge in [-0.1, -0.05) is 42.4 Å². The van der Waals surface area contributed by atoms with E-state index in [1.54, 1.807) is 18.0 Å². The van der Waals surface area contributed by atoms with Gasteiger partial charge in [0.05, 0.1) is 16.2 Å². The van der Waals surface area contributed by atoms with Crippen LogP contribution >= 0.6 is 34.9 Å². The number of nitrogens with zero attached hydrogens (tertiary/aromatic N) is 2. The zero-order chi connectivity index (χ0) is 22.8. The highest BCUT2D eigenvalue weighted by atomic mass is 32.2. The fourth-order valence-corrected chi connectivity index (χ4v) is 5.53. The smallest absolute Gasteiger partial charge is 0.323 e. The number of rotatable bonds is 8. The normalized spacial score (nSPS) is 13.8. The number of anilines is 1. The van der Waals surface area contributed by atoms with Gasteiger partial charge < -0.3 is 10.0 Å². The number of aromatic nitrogens is 1. The van der Waals surface area contributed by atoms with Gasteiger partial charge in [-0.05, 0) is 43.4 Å². The quantitative estimate of drug-likeness (QED) is 0.368. The van der Waals surface area contributed by atoms with E-state index >= 15 is 0 Å². The van der Waals surface area contributed by atoms with Gasteiger partial charge >= 0.3 is 12.0 Å². The van der Waals surface area contributed by atoms with E-state index < -0.39 is 5.97 Å². The average molecular weight is 490 g/mol. The van der Waals surface area contributed by atoms with E-state index in [9.17, 15) is 9.59 Å². The number of carboxylic acids is 1. The molecule has 0 saturated heterocycles. The van der Waals surface area contributed by atoms with Gasteiger partial charge in [-0.2, -0.15) is 0 Å². The van der Waals surface area contributed by atoms with Gasteiger partial charge in [0.15, 0.2) is 5.13 Å². The Labute approximate surface area is 201 Å². The summed E-state index contributed by atoms with van der Waals surface area (Å²) < 4.78 is 0.769. The molecule has 1 aromatic heterocycles. The van der Waals surface area contributed by atoms with E-state index in [4.69, 9.17) is 5.11 Å². The molecule has 0 aliphatic heterocycles. The molecule has 1 aliphatic rings. The zero-order valence-electron chi connectivity index (χ0n) is 18.0. The fraction of sp³-hybridized carbons (Fsp3) is 0.435. The minimum atomic E-state index is -0.876. The van der Waals surface area contributed by atoms with Gasteiger partial charge in [-0.3, -0.25) is 10.1 Å².